The summed E-state index contributed by atoms with van der Waals surface area (Å²) in [5, 5.41) is 9.29. The molecule has 0 aliphatic heterocycles. The molecule has 0 spiro atoms. The Bertz CT molecular complexity index is 522. The van der Waals surface area contributed by atoms with Crippen LogP contribution in [0.25, 0.3) is 0 Å². The van der Waals surface area contributed by atoms with Crippen molar-refractivity contribution in [2.45, 2.75) is 18.8 Å². The van der Waals surface area contributed by atoms with Gasteiger partial charge in [-0.15, -0.1) is 11.3 Å². The Morgan fingerprint density at radius 3 is 2.50 bits per heavy atom. The lowest BCUT2D eigenvalue weighted by Gasteiger charge is -2.11. The Hall–Kier alpha value is -1.32. The first-order valence-corrected chi connectivity index (χ1v) is 6.88. The molecular weight excluding hydrogens is 268 g/mol. The standard InChI is InChI=1S/C14H13ClO2S/c15-13-9-7-11(18-13)6-8-12(14(16)17)10-4-2-1-3-5-10/h1-5,7,9,12H,6,8H2,(H,16,17). The van der Waals surface area contributed by atoms with E-state index in [0.717, 1.165) is 21.2 Å². The van der Waals surface area contributed by atoms with E-state index in [1.54, 1.807) is 0 Å². The van der Waals surface area contributed by atoms with Crippen LogP contribution in [0, 0.1) is 0 Å². The molecule has 1 aromatic heterocycles. The third-order valence-electron chi connectivity index (χ3n) is 2.81. The van der Waals surface area contributed by atoms with Crippen LogP contribution >= 0.6 is 22.9 Å². The van der Waals surface area contributed by atoms with E-state index in [4.69, 9.17) is 11.6 Å². The molecule has 0 aliphatic carbocycles. The molecular formula is C14H13ClO2S. The maximum atomic E-state index is 11.3. The summed E-state index contributed by atoms with van der Waals surface area (Å²) in [5.41, 5.74) is 0.854. The van der Waals surface area contributed by atoms with Gasteiger partial charge in [-0.2, -0.15) is 0 Å². The lowest BCUT2D eigenvalue weighted by molar-refractivity contribution is -0.138. The normalized spacial score (nSPS) is 12.3. The summed E-state index contributed by atoms with van der Waals surface area (Å²) in [6.45, 7) is 0. The van der Waals surface area contributed by atoms with Crippen molar-refractivity contribution in [1.82, 2.24) is 0 Å². The molecule has 1 heterocycles. The van der Waals surface area contributed by atoms with Crippen LogP contribution in [0.1, 0.15) is 22.8 Å². The number of carbonyl (C=O) groups is 1. The number of aliphatic carboxylic acids is 1. The molecule has 2 rings (SSSR count). The van der Waals surface area contributed by atoms with Gasteiger partial charge in [-0.25, -0.2) is 0 Å². The fraction of sp³-hybridized carbons (Fsp3) is 0.214. The second kappa shape index (κ2) is 6.03. The monoisotopic (exact) mass is 280 g/mol. The smallest absolute Gasteiger partial charge is 0.310 e. The highest BCUT2D eigenvalue weighted by molar-refractivity contribution is 7.16. The quantitative estimate of drug-likeness (QED) is 0.891. The van der Waals surface area contributed by atoms with Crippen molar-refractivity contribution >= 4 is 28.9 Å². The van der Waals surface area contributed by atoms with Gasteiger partial charge >= 0.3 is 5.97 Å². The van der Waals surface area contributed by atoms with Crippen molar-refractivity contribution in [3.8, 4) is 0 Å². The van der Waals surface area contributed by atoms with E-state index >= 15 is 0 Å². The molecule has 94 valence electrons. The summed E-state index contributed by atoms with van der Waals surface area (Å²) in [5.74, 6) is -1.23. The van der Waals surface area contributed by atoms with Crippen LogP contribution in [-0.4, -0.2) is 11.1 Å². The number of aryl methyl sites for hydroxylation is 1. The van der Waals surface area contributed by atoms with Crippen LogP contribution in [0.3, 0.4) is 0 Å². The van der Waals surface area contributed by atoms with Crippen LogP contribution in [0.15, 0.2) is 42.5 Å². The van der Waals surface area contributed by atoms with Gasteiger partial charge in [-0.3, -0.25) is 4.79 Å². The Balaban J connectivity index is 2.06. The fourth-order valence-corrected chi connectivity index (χ4v) is 2.99. The van der Waals surface area contributed by atoms with Crippen molar-refractivity contribution in [3.05, 3.63) is 57.2 Å². The predicted molar refractivity (Wildman–Crippen MR) is 74.5 cm³/mol. The minimum atomic E-state index is -0.774. The van der Waals surface area contributed by atoms with E-state index in [1.807, 2.05) is 42.5 Å². The number of carboxylic acid groups (broad SMARTS) is 1. The summed E-state index contributed by atoms with van der Waals surface area (Å²) >= 11 is 7.37. The molecule has 4 heteroatoms. The van der Waals surface area contributed by atoms with Crippen molar-refractivity contribution in [2.75, 3.05) is 0 Å². The van der Waals surface area contributed by atoms with Gasteiger partial charge in [0.2, 0.25) is 0 Å². The molecule has 0 saturated heterocycles. The van der Waals surface area contributed by atoms with Crippen molar-refractivity contribution in [3.63, 3.8) is 0 Å². The van der Waals surface area contributed by atoms with Crippen LogP contribution in [-0.2, 0) is 11.2 Å². The number of hydrogen-bond donors (Lipinski definition) is 1. The van der Waals surface area contributed by atoms with Gasteiger partial charge in [0.15, 0.2) is 0 Å². The largest absolute Gasteiger partial charge is 0.481 e. The Morgan fingerprint density at radius 1 is 1.22 bits per heavy atom. The van der Waals surface area contributed by atoms with Gasteiger partial charge in [-0.1, -0.05) is 41.9 Å². The number of rotatable bonds is 5. The first kappa shape index (κ1) is 13.1. The molecule has 1 aromatic carbocycles. The number of hydrogen-bond acceptors (Lipinski definition) is 2. The minimum Gasteiger partial charge on any atom is -0.481 e. The van der Waals surface area contributed by atoms with Crippen LogP contribution in [0.5, 0.6) is 0 Å². The molecule has 0 bridgehead atoms. The fourth-order valence-electron chi connectivity index (χ4n) is 1.89. The lowest BCUT2D eigenvalue weighted by Crippen LogP contribution is -2.12. The molecule has 18 heavy (non-hydrogen) atoms. The van der Waals surface area contributed by atoms with Crippen LogP contribution < -0.4 is 0 Å². The van der Waals surface area contributed by atoms with Gasteiger partial charge in [0.05, 0.1) is 10.3 Å². The number of thiophene rings is 1. The maximum absolute atomic E-state index is 11.3. The highest BCUT2D eigenvalue weighted by atomic mass is 35.5. The molecule has 0 fully saturated rings. The third-order valence-corrected chi connectivity index (χ3v) is 4.10. The number of benzene rings is 1. The molecule has 0 radical (unpaired) electrons. The number of halogens is 1. The molecule has 1 atom stereocenters. The molecule has 0 aliphatic rings. The third kappa shape index (κ3) is 3.34. The Morgan fingerprint density at radius 2 is 1.94 bits per heavy atom. The van der Waals surface area contributed by atoms with E-state index in [1.165, 1.54) is 11.3 Å². The van der Waals surface area contributed by atoms with E-state index in [9.17, 15) is 9.90 Å². The molecule has 2 aromatic rings. The SMILES string of the molecule is O=C(O)C(CCc1ccc(Cl)s1)c1ccccc1. The second-order valence-electron chi connectivity index (χ2n) is 4.05. The summed E-state index contributed by atoms with van der Waals surface area (Å²) in [6.07, 6.45) is 1.33. The summed E-state index contributed by atoms with van der Waals surface area (Å²) in [4.78, 5) is 12.4. The van der Waals surface area contributed by atoms with Gasteiger partial charge in [-0.05, 0) is 30.5 Å². The van der Waals surface area contributed by atoms with E-state index in [-0.39, 0.29) is 0 Å². The van der Waals surface area contributed by atoms with Gasteiger partial charge in [0.1, 0.15) is 0 Å². The number of carboxylic acids is 1. The maximum Gasteiger partial charge on any atom is 0.310 e. The zero-order chi connectivity index (χ0) is 13.0. The zero-order valence-electron chi connectivity index (χ0n) is 9.67. The molecule has 2 nitrogen and oxygen atoms in total. The van der Waals surface area contributed by atoms with Gasteiger partial charge < -0.3 is 5.11 Å². The molecule has 1 N–H and O–H groups in total. The van der Waals surface area contributed by atoms with Gasteiger partial charge in [0, 0.05) is 4.88 Å². The second-order valence-corrected chi connectivity index (χ2v) is 5.85. The lowest BCUT2D eigenvalue weighted by atomic mass is 9.94. The van der Waals surface area contributed by atoms with Crippen LogP contribution in [0.2, 0.25) is 4.34 Å². The molecule has 0 saturated carbocycles. The van der Waals surface area contributed by atoms with Crippen molar-refractivity contribution in [1.29, 1.82) is 0 Å². The van der Waals surface area contributed by atoms with Crippen molar-refractivity contribution < 1.29 is 9.90 Å². The van der Waals surface area contributed by atoms with Gasteiger partial charge in [0.25, 0.3) is 0 Å². The van der Waals surface area contributed by atoms with E-state index < -0.39 is 11.9 Å². The highest BCUT2D eigenvalue weighted by Crippen LogP contribution is 2.27. The van der Waals surface area contributed by atoms with E-state index in [0.29, 0.717) is 6.42 Å². The minimum absolute atomic E-state index is 0.452. The topological polar surface area (TPSA) is 37.3 Å². The average Bonchev–Trinajstić information content (AvgIpc) is 2.76. The first-order valence-electron chi connectivity index (χ1n) is 5.69. The molecule has 1 unspecified atom stereocenters. The van der Waals surface area contributed by atoms with Crippen LogP contribution in [0.4, 0.5) is 0 Å². The molecule has 0 amide bonds. The summed E-state index contributed by atoms with van der Waals surface area (Å²) in [6, 6.07) is 13.2. The summed E-state index contributed by atoms with van der Waals surface area (Å²) < 4.78 is 0.747. The first-order chi connectivity index (χ1) is 8.66. The van der Waals surface area contributed by atoms with Crippen molar-refractivity contribution in [2.24, 2.45) is 0 Å². The Labute approximate surface area is 115 Å². The van der Waals surface area contributed by atoms with E-state index in [2.05, 4.69) is 0 Å². The summed E-state index contributed by atoms with van der Waals surface area (Å²) in [7, 11) is 0. The zero-order valence-corrected chi connectivity index (χ0v) is 11.2. The highest BCUT2D eigenvalue weighted by Gasteiger charge is 2.19. The predicted octanol–water partition coefficient (Wildman–Crippen LogP) is 4.20. The average molecular weight is 281 g/mol. The Kier molecular flexibility index (Phi) is 4.39.